The molecule has 3 aromatic rings. The molecule has 0 atom stereocenters. The third-order valence-corrected chi connectivity index (χ3v) is 5.18. The van der Waals surface area contributed by atoms with Crippen molar-refractivity contribution in [3.63, 3.8) is 0 Å². The molecule has 1 amide bonds. The summed E-state index contributed by atoms with van der Waals surface area (Å²) in [4.78, 5) is 12.4. The zero-order chi connectivity index (χ0) is 23.6. The average molecular weight is 515 g/mol. The number of halogens is 2. The molecule has 0 heterocycles. The van der Waals surface area contributed by atoms with Gasteiger partial charge in [-0.3, -0.25) is 4.79 Å². The van der Waals surface area contributed by atoms with Crippen molar-refractivity contribution in [3.05, 3.63) is 87.6 Å². The second-order valence-corrected chi connectivity index (χ2v) is 7.84. The summed E-state index contributed by atoms with van der Waals surface area (Å²) in [6.45, 7) is 2.69. The molecule has 1 N–H and O–H groups in total. The predicted octanol–water partition coefficient (Wildman–Crippen LogP) is 5.73. The lowest BCUT2D eigenvalue weighted by molar-refractivity contribution is 0.0954. The van der Waals surface area contributed by atoms with Crippen LogP contribution in [0.4, 0.5) is 4.39 Å². The van der Waals surface area contributed by atoms with Gasteiger partial charge in [-0.15, -0.1) is 0 Å². The van der Waals surface area contributed by atoms with Gasteiger partial charge < -0.3 is 14.2 Å². The molecule has 0 radical (unpaired) electrons. The fourth-order valence-electron chi connectivity index (χ4n) is 2.86. The van der Waals surface area contributed by atoms with Gasteiger partial charge in [-0.2, -0.15) is 5.10 Å². The maximum absolute atomic E-state index is 13.7. The molecule has 0 saturated heterocycles. The van der Waals surface area contributed by atoms with E-state index in [0.717, 1.165) is 12.0 Å². The number of carbonyl (C=O) groups is 1. The lowest BCUT2D eigenvalue weighted by Crippen LogP contribution is -2.17. The smallest absolute Gasteiger partial charge is 0.271 e. The summed E-state index contributed by atoms with van der Waals surface area (Å²) in [5, 5.41) is 4.01. The minimum absolute atomic E-state index is 0.112. The summed E-state index contributed by atoms with van der Waals surface area (Å²) >= 11 is 3.44. The molecule has 0 fully saturated rings. The normalized spacial score (nSPS) is 10.8. The van der Waals surface area contributed by atoms with E-state index in [1.165, 1.54) is 19.4 Å². The first-order valence-electron chi connectivity index (χ1n) is 10.3. The number of hydrogen-bond donors (Lipinski definition) is 1. The summed E-state index contributed by atoms with van der Waals surface area (Å²) in [7, 11) is 1.52. The summed E-state index contributed by atoms with van der Waals surface area (Å²) in [6.07, 6.45) is 2.38. The van der Waals surface area contributed by atoms with E-state index in [0.29, 0.717) is 39.5 Å². The number of nitrogens with zero attached hydrogens (tertiary/aromatic N) is 1. The summed E-state index contributed by atoms with van der Waals surface area (Å²) < 4.78 is 31.0. The van der Waals surface area contributed by atoms with Gasteiger partial charge in [0.1, 0.15) is 18.2 Å². The molecule has 8 heteroatoms. The van der Waals surface area contributed by atoms with E-state index in [4.69, 9.17) is 14.2 Å². The minimum Gasteiger partial charge on any atom is -0.493 e. The Kier molecular flexibility index (Phi) is 8.83. The Hall–Kier alpha value is -3.39. The molecule has 0 unspecified atom stereocenters. The van der Waals surface area contributed by atoms with Crippen LogP contribution in [0, 0.1) is 5.82 Å². The topological polar surface area (TPSA) is 69.2 Å². The quantitative estimate of drug-likeness (QED) is 0.277. The summed E-state index contributed by atoms with van der Waals surface area (Å²) in [6, 6.07) is 16.7. The van der Waals surface area contributed by atoms with E-state index < -0.39 is 0 Å². The Balaban J connectivity index is 1.59. The zero-order valence-corrected chi connectivity index (χ0v) is 19.9. The number of hydrazone groups is 1. The van der Waals surface area contributed by atoms with Crippen molar-refractivity contribution < 1.29 is 23.4 Å². The number of ether oxygens (including phenoxy) is 3. The van der Waals surface area contributed by atoms with Crippen LogP contribution < -0.4 is 19.6 Å². The third-order valence-electron chi connectivity index (χ3n) is 4.56. The van der Waals surface area contributed by atoms with E-state index in [9.17, 15) is 9.18 Å². The first kappa shape index (κ1) is 24.3. The Morgan fingerprint density at radius 1 is 1.06 bits per heavy atom. The fraction of sp³-hybridized carbons (Fsp3) is 0.200. The van der Waals surface area contributed by atoms with Crippen molar-refractivity contribution in [2.75, 3.05) is 13.7 Å². The van der Waals surface area contributed by atoms with E-state index >= 15 is 0 Å². The van der Waals surface area contributed by atoms with Crippen molar-refractivity contribution in [1.29, 1.82) is 0 Å². The van der Waals surface area contributed by atoms with Crippen LogP contribution in [0.3, 0.4) is 0 Å². The highest BCUT2D eigenvalue weighted by Gasteiger charge is 2.11. The number of methoxy groups -OCH3 is 1. The molecule has 0 aliphatic carbocycles. The highest BCUT2D eigenvalue weighted by Crippen LogP contribution is 2.28. The van der Waals surface area contributed by atoms with Crippen LogP contribution in [-0.4, -0.2) is 25.8 Å². The molecule has 0 spiro atoms. The third kappa shape index (κ3) is 6.79. The molecule has 172 valence electrons. The fourth-order valence-corrected chi connectivity index (χ4v) is 3.37. The van der Waals surface area contributed by atoms with Crippen LogP contribution in [0.5, 0.6) is 17.2 Å². The van der Waals surface area contributed by atoms with Gasteiger partial charge in [0.25, 0.3) is 5.91 Å². The van der Waals surface area contributed by atoms with Crippen LogP contribution in [0.2, 0.25) is 0 Å². The van der Waals surface area contributed by atoms with Crippen molar-refractivity contribution in [1.82, 2.24) is 5.43 Å². The molecular formula is C25H24BrFN2O4. The van der Waals surface area contributed by atoms with Gasteiger partial charge in [-0.1, -0.05) is 25.1 Å². The van der Waals surface area contributed by atoms with Gasteiger partial charge in [0.05, 0.1) is 24.4 Å². The molecule has 0 aliphatic rings. The Bertz CT molecular complexity index is 1140. The maximum atomic E-state index is 13.7. The Labute approximate surface area is 200 Å². The second kappa shape index (κ2) is 12.0. The van der Waals surface area contributed by atoms with Crippen molar-refractivity contribution in [3.8, 4) is 17.2 Å². The van der Waals surface area contributed by atoms with Crippen molar-refractivity contribution in [2.45, 2.75) is 20.0 Å². The summed E-state index contributed by atoms with van der Waals surface area (Å²) in [5.41, 5.74) is 4.10. The lowest BCUT2D eigenvalue weighted by Gasteiger charge is -2.11. The highest BCUT2D eigenvalue weighted by molar-refractivity contribution is 9.10. The molecule has 0 saturated carbocycles. The van der Waals surface area contributed by atoms with Crippen LogP contribution in [0.1, 0.15) is 34.8 Å². The van der Waals surface area contributed by atoms with Gasteiger partial charge in [0.2, 0.25) is 0 Å². The van der Waals surface area contributed by atoms with Gasteiger partial charge >= 0.3 is 0 Å². The standard InChI is InChI=1S/C25H24BrFN2O4/c1-3-12-32-23-11-9-18(14-24(23)31-2)25(30)29-28-15-17-8-10-22(20(26)13-17)33-16-19-6-4-5-7-21(19)27/h4-11,13-15H,3,12,16H2,1-2H3,(H,29,30)/b28-15+. The van der Waals surface area contributed by atoms with E-state index in [1.807, 2.05) is 6.92 Å². The molecule has 3 rings (SSSR count). The highest BCUT2D eigenvalue weighted by atomic mass is 79.9. The van der Waals surface area contributed by atoms with E-state index in [2.05, 4.69) is 26.5 Å². The van der Waals surface area contributed by atoms with Crippen LogP contribution in [-0.2, 0) is 6.61 Å². The number of amides is 1. The number of nitrogens with one attached hydrogen (secondary N) is 1. The second-order valence-electron chi connectivity index (χ2n) is 6.98. The van der Waals surface area contributed by atoms with Crippen LogP contribution in [0.25, 0.3) is 0 Å². The van der Waals surface area contributed by atoms with E-state index in [1.54, 1.807) is 54.6 Å². The number of hydrogen-bond acceptors (Lipinski definition) is 5. The Morgan fingerprint density at radius 3 is 2.58 bits per heavy atom. The van der Waals surface area contributed by atoms with E-state index in [-0.39, 0.29) is 18.3 Å². The first-order chi connectivity index (χ1) is 16.0. The summed E-state index contributed by atoms with van der Waals surface area (Å²) in [5.74, 6) is 0.942. The molecule has 3 aromatic carbocycles. The van der Waals surface area contributed by atoms with Gasteiger partial charge in [-0.25, -0.2) is 9.82 Å². The predicted molar refractivity (Wildman–Crippen MR) is 129 cm³/mol. The molecular weight excluding hydrogens is 491 g/mol. The monoisotopic (exact) mass is 514 g/mol. The average Bonchev–Trinajstić information content (AvgIpc) is 2.83. The number of benzene rings is 3. The Morgan fingerprint density at radius 2 is 1.85 bits per heavy atom. The molecule has 6 nitrogen and oxygen atoms in total. The molecule has 0 aliphatic heterocycles. The van der Waals surface area contributed by atoms with Gasteiger partial charge in [0, 0.05) is 11.1 Å². The van der Waals surface area contributed by atoms with Crippen LogP contribution in [0.15, 0.2) is 70.2 Å². The lowest BCUT2D eigenvalue weighted by atomic mass is 10.2. The number of carbonyl (C=O) groups excluding carboxylic acids is 1. The molecule has 33 heavy (non-hydrogen) atoms. The minimum atomic E-state index is -0.379. The van der Waals surface area contributed by atoms with Gasteiger partial charge in [-0.05, 0) is 70.4 Å². The van der Waals surface area contributed by atoms with Crippen molar-refractivity contribution in [2.24, 2.45) is 5.10 Å². The zero-order valence-electron chi connectivity index (χ0n) is 18.3. The SMILES string of the molecule is CCCOc1ccc(C(=O)N/N=C/c2ccc(OCc3ccccc3F)c(Br)c2)cc1OC. The van der Waals surface area contributed by atoms with Gasteiger partial charge in [0.15, 0.2) is 11.5 Å². The first-order valence-corrected chi connectivity index (χ1v) is 11.1. The maximum Gasteiger partial charge on any atom is 0.271 e. The van der Waals surface area contributed by atoms with Crippen LogP contribution >= 0.6 is 15.9 Å². The largest absolute Gasteiger partial charge is 0.493 e. The molecule has 0 bridgehead atoms. The van der Waals surface area contributed by atoms with Crippen molar-refractivity contribution >= 4 is 28.1 Å². The number of rotatable bonds is 10. The molecule has 0 aromatic heterocycles.